The van der Waals surface area contributed by atoms with Gasteiger partial charge in [0.05, 0.1) is 18.2 Å². The molecule has 0 amide bonds. The zero-order chi connectivity index (χ0) is 17.8. The van der Waals surface area contributed by atoms with Crippen LogP contribution >= 0.6 is 12.2 Å². The van der Waals surface area contributed by atoms with Gasteiger partial charge < -0.3 is 14.4 Å². The molecule has 0 saturated carbocycles. The van der Waals surface area contributed by atoms with Crippen molar-refractivity contribution in [1.29, 1.82) is 0 Å². The molecule has 0 bridgehead atoms. The minimum Gasteiger partial charge on any atom is -0.457 e. The van der Waals surface area contributed by atoms with Crippen LogP contribution in [0.5, 0.6) is 11.5 Å². The number of nitrogens with zero attached hydrogens (tertiary/aromatic N) is 1. The van der Waals surface area contributed by atoms with E-state index in [1.165, 1.54) is 10.8 Å². The van der Waals surface area contributed by atoms with Gasteiger partial charge in [0.2, 0.25) is 0 Å². The van der Waals surface area contributed by atoms with Crippen LogP contribution in [0.3, 0.4) is 0 Å². The van der Waals surface area contributed by atoms with E-state index in [4.69, 9.17) is 21.7 Å². The molecule has 0 aromatic heterocycles. The SMILES string of the molecule is S=C(Cc1ccccc1Oc1ccc2ccccc2c1)N1CCOCC1. The number of ether oxygens (including phenoxy) is 2. The van der Waals surface area contributed by atoms with Crippen LogP contribution in [0.4, 0.5) is 0 Å². The summed E-state index contributed by atoms with van der Waals surface area (Å²) in [4.78, 5) is 3.17. The van der Waals surface area contributed by atoms with Gasteiger partial charge in [-0.3, -0.25) is 0 Å². The predicted octanol–water partition coefficient (Wildman–Crippen LogP) is 4.83. The molecule has 3 aromatic rings. The summed E-state index contributed by atoms with van der Waals surface area (Å²) < 4.78 is 11.6. The molecule has 1 aliphatic rings. The fourth-order valence-corrected chi connectivity index (χ4v) is 3.53. The highest BCUT2D eigenvalue weighted by molar-refractivity contribution is 7.80. The zero-order valence-electron chi connectivity index (χ0n) is 14.6. The fraction of sp³-hybridized carbons (Fsp3) is 0.227. The molecular weight excluding hydrogens is 342 g/mol. The molecule has 0 spiro atoms. The Bertz CT molecular complexity index is 919. The normalized spacial score (nSPS) is 14.4. The Balaban J connectivity index is 1.53. The van der Waals surface area contributed by atoms with Gasteiger partial charge in [-0.05, 0) is 29.0 Å². The highest BCUT2D eigenvalue weighted by Crippen LogP contribution is 2.28. The fourth-order valence-electron chi connectivity index (χ4n) is 3.19. The quantitative estimate of drug-likeness (QED) is 0.619. The number of morpholine rings is 1. The lowest BCUT2D eigenvalue weighted by Crippen LogP contribution is -2.40. The largest absolute Gasteiger partial charge is 0.457 e. The van der Waals surface area contributed by atoms with E-state index in [1.54, 1.807) is 0 Å². The molecule has 26 heavy (non-hydrogen) atoms. The van der Waals surface area contributed by atoms with E-state index in [9.17, 15) is 0 Å². The number of thiocarbonyl (C=S) groups is 1. The average Bonchev–Trinajstić information content (AvgIpc) is 2.70. The second kappa shape index (κ2) is 7.85. The van der Waals surface area contributed by atoms with Gasteiger partial charge in [0.1, 0.15) is 11.5 Å². The average molecular weight is 363 g/mol. The Kier molecular flexibility index (Phi) is 5.14. The molecule has 4 rings (SSSR count). The molecule has 4 heteroatoms. The van der Waals surface area contributed by atoms with Gasteiger partial charge in [-0.2, -0.15) is 0 Å². The molecule has 3 aromatic carbocycles. The molecule has 0 radical (unpaired) electrons. The van der Waals surface area contributed by atoms with Crippen LogP contribution in [0.15, 0.2) is 66.7 Å². The van der Waals surface area contributed by atoms with Gasteiger partial charge >= 0.3 is 0 Å². The highest BCUT2D eigenvalue weighted by Gasteiger charge is 2.15. The standard InChI is InChI=1S/C22H21NO2S/c26-22(23-11-13-24-14-12-23)16-19-7-3-4-8-21(19)25-20-10-9-17-5-1-2-6-18(17)15-20/h1-10,15H,11-14,16H2. The van der Waals surface area contributed by atoms with E-state index in [2.05, 4.69) is 35.2 Å². The Morgan fingerprint density at radius 2 is 1.65 bits per heavy atom. The van der Waals surface area contributed by atoms with Gasteiger partial charge in [0, 0.05) is 25.1 Å². The first-order valence-electron chi connectivity index (χ1n) is 8.90. The molecule has 0 N–H and O–H groups in total. The maximum Gasteiger partial charge on any atom is 0.131 e. The van der Waals surface area contributed by atoms with E-state index in [0.29, 0.717) is 6.42 Å². The smallest absolute Gasteiger partial charge is 0.131 e. The van der Waals surface area contributed by atoms with Crippen molar-refractivity contribution in [3.05, 3.63) is 72.3 Å². The number of rotatable bonds is 4. The minimum atomic E-state index is 0.707. The van der Waals surface area contributed by atoms with Crippen molar-refractivity contribution in [2.75, 3.05) is 26.3 Å². The van der Waals surface area contributed by atoms with E-state index >= 15 is 0 Å². The Hall–Kier alpha value is -2.43. The van der Waals surface area contributed by atoms with Crippen molar-refractivity contribution < 1.29 is 9.47 Å². The number of hydrogen-bond donors (Lipinski definition) is 0. The Morgan fingerprint density at radius 3 is 2.50 bits per heavy atom. The van der Waals surface area contributed by atoms with E-state index in [0.717, 1.165) is 48.4 Å². The van der Waals surface area contributed by atoms with E-state index in [1.807, 2.05) is 36.4 Å². The molecule has 3 nitrogen and oxygen atoms in total. The van der Waals surface area contributed by atoms with E-state index in [-0.39, 0.29) is 0 Å². The summed E-state index contributed by atoms with van der Waals surface area (Å²) in [6.45, 7) is 3.23. The number of para-hydroxylation sites is 1. The lowest BCUT2D eigenvalue weighted by Gasteiger charge is -2.29. The maximum absolute atomic E-state index is 6.20. The molecule has 0 aliphatic carbocycles. The van der Waals surface area contributed by atoms with Crippen LogP contribution < -0.4 is 4.74 Å². The Labute approximate surface area is 159 Å². The summed E-state index contributed by atoms with van der Waals surface area (Å²) >= 11 is 5.66. The lowest BCUT2D eigenvalue weighted by molar-refractivity contribution is 0.0684. The van der Waals surface area contributed by atoms with Crippen molar-refractivity contribution in [2.24, 2.45) is 0 Å². The van der Waals surface area contributed by atoms with Gasteiger partial charge in [0.25, 0.3) is 0 Å². The second-order valence-electron chi connectivity index (χ2n) is 6.39. The molecule has 1 saturated heterocycles. The molecule has 0 atom stereocenters. The summed E-state index contributed by atoms with van der Waals surface area (Å²) in [5.74, 6) is 1.70. The summed E-state index contributed by atoms with van der Waals surface area (Å²) in [5, 5.41) is 2.38. The molecule has 0 unspecified atom stereocenters. The topological polar surface area (TPSA) is 21.7 Å². The van der Waals surface area contributed by atoms with Gasteiger partial charge in [-0.15, -0.1) is 0 Å². The van der Waals surface area contributed by atoms with Crippen molar-refractivity contribution in [1.82, 2.24) is 4.90 Å². The third-order valence-electron chi connectivity index (χ3n) is 4.63. The summed E-state index contributed by atoms with van der Waals surface area (Å²) in [5.41, 5.74) is 1.11. The third kappa shape index (κ3) is 3.87. The van der Waals surface area contributed by atoms with Crippen molar-refractivity contribution >= 4 is 28.0 Å². The number of fused-ring (bicyclic) bond motifs is 1. The maximum atomic E-state index is 6.20. The van der Waals surface area contributed by atoms with Gasteiger partial charge in [-0.1, -0.05) is 60.7 Å². The lowest BCUT2D eigenvalue weighted by atomic mass is 10.1. The first kappa shape index (κ1) is 17.0. The van der Waals surface area contributed by atoms with Crippen LogP contribution in [0.2, 0.25) is 0 Å². The van der Waals surface area contributed by atoms with E-state index < -0.39 is 0 Å². The summed E-state index contributed by atoms with van der Waals surface area (Å²) in [7, 11) is 0. The van der Waals surface area contributed by atoms with Crippen LogP contribution in [-0.4, -0.2) is 36.2 Å². The first-order valence-corrected chi connectivity index (χ1v) is 9.30. The number of benzene rings is 3. The summed E-state index contributed by atoms with van der Waals surface area (Å²) in [6, 6.07) is 22.6. The van der Waals surface area contributed by atoms with Crippen molar-refractivity contribution in [3.63, 3.8) is 0 Å². The monoisotopic (exact) mass is 363 g/mol. The van der Waals surface area contributed by atoms with Gasteiger partial charge in [-0.25, -0.2) is 0 Å². The van der Waals surface area contributed by atoms with Crippen molar-refractivity contribution in [3.8, 4) is 11.5 Å². The van der Waals surface area contributed by atoms with Crippen LogP contribution in [0.1, 0.15) is 5.56 Å². The zero-order valence-corrected chi connectivity index (χ0v) is 15.4. The first-order chi connectivity index (χ1) is 12.8. The molecule has 1 aliphatic heterocycles. The summed E-state index contributed by atoms with van der Waals surface area (Å²) in [6.07, 6.45) is 0.707. The Morgan fingerprint density at radius 1 is 0.923 bits per heavy atom. The van der Waals surface area contributed by atoms with Gasteiger partial charge in [0.15, 0.2) is 0 Å². The van der Waals surface area contributed by atoms with Crippen molar-refractivity contribution in [2.45, 2.75) is 6.42 Å². The van der Waals surface area contributed by atoms with Crippen LogP contribution in [-0.2, 0) is 11.2 Å². The second-order valence-corrected chi connectivity index (χ2v) is 6.86. The molecule has 1 fully saturated rings. The highest BCUT2D eigenvalue weighted by atomic mass is 32.1. The number of hydrogen-bond acceptors (Lipinski definition) is 3. The predicted molar refractivity (Wildman–Crippen MR) is 109 cm³/mol. The third-order valence-corrected chi connectivity index (χ3v) is 5.03. The molecule has 1 heterocycles. The van der Waals surface area contributed by atoms with Crippen LogP contribution in [0, 0.1) is 0 Å². The minimum absolute atomic E-state index is 0.707. The molecular formula is C22H21NO2S. The van der Waals surface area contributed by atoms with Crippen LogP contribution in [0.25, 0.3) is 10.8 Å². The molecule has 132 valence electrons.